The molecule has 1 aliphatic carbocycles. The van der Waals surface area contributed by atoms with Crippen molar-refractivity contribution in [3.8, 4) is 0 Å². The molecule has 3 aliphatic heterocycles. The third-order valence-corrected chi connectivity index (χ3v) is 9.67. The number of carbonyl (C=O) groups is 4. The topological polar surface area (TPSA) is 105 Å². The van der Waals surface area contributed by atoms with E-state index in [0.29, 0.717) is 5.56 Å². The Morgan fingerprint density at radius 1 is 0.957 bits per heavy atom. The van der Waals surface area contributed by atoms with Crippen molar-refractivity contribution in [1.82, 2.24) is 24.5 Å². The first-order valence-corrected chi connectivity index (χ1v) is 14.9. The number of hydrogen-bond donors (Lipinski definition) is 0. The number of rotatable bonds is 6. The Balaban J connectivity index is 1.14. The van der Waals surface area contributed by atoms with Crippen LogP contribution in [0.15, 0.2) is 67.0 Å². The summed E-state index contributed by atoms with van der Waals surface area (Å²) in [5.41, 5.74) is -1.82. The van der Waals surface area contributed by atoms with E-state index in [1.165, 1.54) is 34.1 Å². The lowest BCUT2D eigenvalue weighted by Crippen LogP contribution is -2.66. The van der Waals surface area contributed by atoms with Gasteiger partial charge in [0.15, 0.2) is 0 Å². The molecule has 240 valence electrons. The summed E-state index contributed by atoms with van der Waals surface area (Å²) in [6, 6.07) is 13.9. The lowest BCUT2D eigenvalue weighted by Gasteiger charge is -2.51. The van der Waals surface area contributed by atoms with Crippen molar-refractivity contribution >= 4 is 23.8 Å². The van der Waals surface area contributed by atoms with Crippen LogP contribution in [0.1, 0.15) is 40.4 Å². The second-order valence-electron chi connectivity index (χ2n) is 12.6. The Bertz CT molecular complexity index is 1700. The Hall–Kier alpha value is -4.75. The molecule has 0 radical (unpaired) electrons. The molecule has 2 atom stereocenters. The number of nitrogens with zero attached hydrogens (tertiary/aromatic N) is 5. The molecule has 0 N–H and O–H groups in total. The number of alkyl halides is 3. The second kappa shape index (κ2) is 10.7. The Morgan fingerprint density at radius 2 is 1.63 bits per heavy atom. The van der Waals surface area contributed by atoms with Crippen LogP contribution in [0.3, 0.4) is 0 Å². The van der Waals surface area contributed by atoms with Crippen LogP contribution in [-0.2, 0) is 20.9 Å². The zero-order valence-electron chi connectivity index (χ0n) is 24.5. The van der Waals surface area contributed by atoms with Gasteiger partial charge in [0, 0.05) is 37.8 Å². The van der Waals surface area contributed by atoms with E-state index in [2.05, 4.69) is 5.10 Å². The van der Waals surface area contributed by atoms with Crippen molar-refractivity contribution in [3.63, 3.8) is 0 Å². The van der Waals surface area contributed by atoms with Gasteiger partial charge in [-0.05, 0) is 36.1 Å². The van der Waals surface area contributed by atoms with Gasteiger partial charge in [0.1, 0.15) is 23.9 Å². The zero-order chi connectivity index (χ0) is 32.4. The van der Waals surface area contributed by atoms with Crippen LogP contribution in [0.4, 0.5) is 22.4 Å². The highest BCUT2D eigenvalue weighted by Gasteiger charge is 2.72. The SMILES string of the molecule is O=C(c1cnn(Cc2ccc(F)cc2)c1)N1C[C@@H](C(=O)N2C(=O)OC[C@H]2c2ccccc2)C2(C1)CN(C(=O)C1(C(F)(F)F)CC1)C2. The third-order valence-electron chi connectivity index (χ3n) is 9.67. The lowest BCUT2D eigenvalue weighted by molar-refractivity contribution is -0.205. The lowest BCUT2D eigenvalue weighted by atomic mass is 9.70. The molecule has 0 bridgehead atoms. The molecule has 4 fully saturated rings. The molecule has 4 heterocycles. The molecule has 10 nitrogen and oxygen atoms in total. The van der Waals surface area contributed by atoms with Gasteiger partial charge in [-0.1, -0.05) is 42.5 Å². The van der Waals surface area contributed by atoms with Crippen molar-refractivity contribution in [2.45, 2.75) is 31.6 Å². The minimum absolute atomic E-state index is 0.00687. The maximum atomic E-state index is 14.2. The van der Waals surface area contributed by atoms with Crippen LogP contribution in [0.2, 0.25) is 0 Å². The molecule has 14 heteroatoms. The van der Waals surface area contributed by atoms with Crippen molar-refractivity contribution in [2.24, 2.45) is 16.7 Å². The summed E-state index contributed by atoms with van der Waals surface area (Å²) in [7, 11) is 0. The Labute approximate surface area is 260 Å². The van der Waals surface area contributed by atoms with Crippen LogP contribution in [0.5, 0.6) is 0 Å². The number of imide groups is 1. The van der Waals surface area contributed by atoms with Gasteiger partial charge in [0.05, 0.1) is 24.2 Å². The highest BCUT2D eigenvalue weighted by Crippen LogP contribution is 2.60. The van der Waals surface area contributed by atoms with E-state index >= 15 is 0 Å². The smallest absolute Gasteiger partial charge is 0.417 e. The van der Waals surface area contributed by atoms with Gasteiger partial charge in [-0.25, -0.2) is 14.1 Å². The fraction of sp³-hybridized carbons (Fsp3) is 0.406. The van der Waals surface area contributed by atoms with E-state index in [1.807, 2.05) is 0 Å². The summed E-state index contributed by atoms with van der Waals surface area (Å²) in [6.07, 6.45) is -3.21. The first kappa shape index (κ1) is 29.9. The molecule has 0 unspecified atom stereocenters. The number of likely N-dealkylation sites (tertiary alicyclic amines) is 2. The van der Waals surface area contributed by atoms with Crippen LogP contribution in [0, 0.1) is 22.6 Å². The number of aromatic nitrogens is 2. The van der Waals surface area contributed by atoms with Crippen LogP contribution >= 0.6 is 0 Å². The summed E-state index contributed by atoms with van der Waals surface area (Å²) < 4.78 is 61.4. The Kier molecular flexibility index (Phi) is 6.94. The van der Waals surface area contributed by atoms with Gasteiger partial charge < -0.3 is 14.5 Å². The van der Waals surface area contributed by atoms with E-state index in [-0.39, 0.29) is 63.6 Å². The summed E-state index contributed by atoms with van der Waals surface area (Å²) in [5, 5.41) is 4.24. The normalized spacial score (nSPS) is 23.0. The highest BCUT2D eigenvalue weighted by atomic mass is 19.4. The number of ether oxygens (including phenoxy) is 1. The van der Waals surface area contributed by atoms with E-state index < -0.39 is 52.8 Å². The van der Waals surface area contributed by atoms with Crippen molar-refractivity contribution in [1.29, 1.82) is 0 Å². The van der Waals surface area contributed by atoms with Crippen LogP contribution in [0.25, 0.3) is 0 Å². The van der Waals surface area contributed by atoms with Crippen molar-refractivity contribution in [2.75, 3.05) is 32.8 Å². The molecule has 3 aromatic rings. The number of cyclic esters (lactones) is 1. The molecule has 1 saturated carbocycles. The molecule has 1 aromatic heterocycles. The summed E-state index contributed by atoms with van der Waals surface area (Å²) >= 11 is 0. The number of hydrogen-bond acceptors (Lipinski definition) is 6. The molecule has 46 heavy (non-hydrogen) atoms. The van der Waals surface area contributed by atoms with Crippen molar-refractivity contribution in [3.05, 3.63) is 89.5 Å². The van der Waals surface area contributed by atoms with Gasteiger partial charge >= 0.3 is 12.3 Å². The monoisotopic (exact) mass is 639 g/mol. The quantitative estimate of drug-likeness (QED) is 0.378. The fourth-order valence-electron chi connectivity index (χ4n) is 6.96. The standard InChI is InChI=1S/C32H29F4N5O5/c33-23-8-6-20(7-9-23)13-40-14-22(12-37-40)26(42)38-15-24(27(43)41-25(16-46-29(41)45)21-4-2-1-3-5-21)30(17-38)18-39(19-30)28(44)31(10-11-31)32(34,35)36/h1-9,12,14,24-25H,10-11,13,15-19H2/t24-,25-/m0/s1. The number of carbonyl (C=O) groups excluding carboxylic acids is 4. The minimum Gasteiger partial charge on any atom is -0.446 e. The number of benzene rings is 2. The van der Waals surface area contributed by atoms with Crippen molar-refractivity contribution < 1.29 is 41.5 Å². The average Bonchev–Trinajstić information content (AvgIpc) is 3.35. The molecular formula is C32H29F4N5O5. The molecule has 1 spiro atoms. The molecule has 4 amide bonds. The minimum atomic E-state index is -4.68. The fourth-order valence-corrected chi connectivity index (χ4v) is 6.96. The molecular weight excluding hydrogens is 610 g/mol. The first-order chi connectivity index (χ1) is 21.9. The zero-order valence-corrected chi connectivity index (χ0v) is 24.5. The molecule has 4 aliphatic rings. The van der Waals surface area contributed by atoms with Gasteiger partial charge in [-0.2, -0.15) is 18.3 Å². The molecule has 7 rings (SSSR count). The van der Waals surface area contributed by atoms with Crippen LogP contribution in [-0.4, -0.2) is 87.3 Å². The number of amides is 4. The Morgan fingerprint density at radius 3 is 2.28 bits per heavy atom. The second-order valence-corrected chi connectivity index (χ2v) is 12.6. The predicted molar refractivity (Wildman–Crippen MR) is 151 cm³/mol. The molecule has 2 aromatic carbocycles. The molecule has 3 saturated heterocycles. The number of halogens is 4. The van der Waals surface area contributed by atoms with E-state index in [9.17, 15) is 36.7 Å². The summed E-state index contributed by atoms with van der Waals surface area (Å²) in [4.78, 5) is 57.4. The first-order valence-electron chi connectivity index (χ1n) is 14.9. The van der Waals surface area contributed by atoms with E-state index in [4.69, 9.17) is 4.74 Å². The summed E-state index contributed by atoms with van der Waals surface area (Å²) in [6.45, 7) is -0.234. The van der Waals surface area contributed by atoms with Gasteiger partial charge in [-0.3, -0.25) is 19.1 Å². The maximum Gasteiger partial charge on any atom is 0.417 e. The summed E-state index contributed by atoms with van der Waals surface area (Å²) in [5.74, 6) is -3.45. The highest BCUT2D eigenvalue weighted by molar-refractivity contribution is 5.98. The predicted octanol–water partition coefficient (Wildman–Crippen LogP) is 4.03. The third kappa shape index (κ3) is 4.90. The van der Waals surface area contributed by atoms with Gasteiger partial charge in [0.25, 0.3) is 5.91 Å². The largest absolute Gasteiger partial charge is 0.446 e. The maximum absolute atomic E-state index is 14.2. The van der Waals surface area contributed by atoms with E-state index in [1.54, 1.807) is 42.5 Å². The van der Waals surface area contributed by atoms with Gasteiger partial charge in [-0.15, -0.1) is 0 Å². The average molecular weight is 640 g/mol. The van der Waals surface area contributed by atoms with E-state index in [0.717, 1.165) is 15.4 Å². The van der Waals surface area contributed by atoms with Crippen LogP contribution < -0.4 is 0 Å². The van der Waals surface area contributed by atoms with Gasteiger partial charge in [0.2, 0.25) is 11.8 Å².